The smallest absolute Gasteiger partial charge is 0.253 e. The van der Waals surface area contributed by atoms with Crippen LogP contribution in [0.4, 0.5) is 0 Å². The largest absolute Gasteiger partial charge is 0.391 e. The fourth-order valence-corrected chi connectivity index (χ4v) is 3.50. The van der Waals surface area contributed by atoms with Gasteiger partial charge in [0.1, 0.15) is 0 Å². The molecule has 0 bridgehead atoms. The fraction of sp³-hybridized carbons (Fsp3) is 0.562. The van der Waals surface area contributed by atoms with Crippen LogP contribution < -0.4 is 0 Å². The number of amides is 1. The van der Waals surface area contributed by atoms with Crippen LogP contribution in [0.15, 0.2) is 24.3 Å². The van der Waals surface area contributed by atoms with Crippen molar-refractivity contribution in [1.29, 1.82) is 0 Å². The van der Waals surface area contributed by atoms with Crippen molar-refractivity contribution in [2.24, 2.45) is 0 Å². The third kappa shape index (κ3) is 3.23. The summed E-state index contributed by atoms with van der Waals surface area (Å²) < 4.78 is 0. The Balaban J connectivity index is 1.58. The molecule has 2 atom stereocenters. The summed E-state index contributed by atoms with van der Waals surface area (Å²) in [6, 6.07) is 7.34. The molecule has 1 heterocycles. The van der Waals surface area contributed by atoms with E-state index in [1.165, 1.54) is 0 Å². The van der Waals surface area contributed by atoms with E-state index in [0.29, 0.717) is 10.6 Å². The Labute approximate surface area is 130 Å². The summed E-state index contributed by atoms with van der Waals surface area (Å²) in [5.41, 5.74) is 0.689. The Hall–Kier alpha value is -1.10. The van der Waals surface area contributed by atoms with E-state index in [2.05, 4.69) is 4.90 Å². The maximum absolute atomic E-state index is 12.4. The van der Waals surface area contributed by atoms with E-state index in [-0.39, 0.29) is 18.1 Å². The molecular weight excluding hydrogens is 288 g/mol. The van der Waals surface area contributed by atoms with Crippen LogP contribution in [0, 0.1) is 0 Å². The number of halogens is 1. The Morgan fingerprint density at radius 2 is 1.76 bits per heavy atom. The van der Waals surface area contributed by atoms with E-state index in [1.54, 1.807) is 24.3 Å². The zero-order chi connectivity index (χ0) is 14.8. The number of aliphatic hydroxyl groups is 1. The molecule has 0 unspecified atom stereocenters. The first-order valence-electron chi connectivity index (χ1n) is 7.62. The van der Waals surface area contributed by atoms with Crippen LogP contribution in [0.2, 0.25) is 5.02 Å². The van der Waals surface area contributed by atoms with Gasteiger partial charge in [-0.1, -0.05) is 11.6 Å². The van der Waals surface area contributed by atoms with Crippen LogP contribution in [-0.2, 0) is 0 Å². The van der Waals surface area contributed by atoms with Crippen molar-refractivity contribution in [3.63, 3.8) is 0 Å². The van der Waals surface area contributed by atoms with Crippen LogP contribution in [0.5, 0.6) is 0 Å². The number of hydrogen-bond donors (Lipinski definition) is 1. The first kappa shape index (κ1) is 14.8. The van der Waals surface area contributed by atoms with Crippen LogP contribution >= 0.6 is 11.6 Å². The van der Waals surface area contributed by atoms with Crippen LogP contribution in [0.1, 0.15) is 29.6 Å². The minimum Gasteiger partial charge on any atom is -0.391 e. The SMILES string of the molecule is O=C(c1ccc(Cl)cc1)N1CCN([C@H]2CCC[C@H]2O)CC1. The van der Waals surface area contributed by atoms with Gasteiger partial charge in [-0.3, -0.25) is 9.69 Å². The van der Waals surface area contributed by atoms with Gasteiger partial charge in [0.2, 0.25) is 0 Å². The minimum absolute atomic E-state index is 0.0679. The number of rotatable bonds is 2. The Morgan fingerprint density at radius 1 is 1.10 bits per heavy atom. The summed E-state index contributed by atoms with van der Waals surface area (Å²) in [6.07, 6.45) is 2.90. The van der Waals surface area contributed by atoms with Crippen molar-refractivity contribution < 1.29 is 9.90 Å². The van der Waals surface area contributed by atoms with Gasteiger partial charge in [0, 0.05) is 42.8 Å². The number of hydrogen-bond acceptors (Lipinski definition) is 3. The number of nitrogens with zero attached hydrogens (tertiary/aromatic N) is 2. The predicted molar refractivity (Wildman–Crippen MR) is 82.6 cm³/mol. The molecule has 1 N–H and O–H groups in total. The predicted octanol–water partition coefficient (Wildman–Crippen LogP) is 2.01. The second kappa shape index (κ2) is 6.34. The van der Waals surface area contributed by atoms with Crippen molar-refractivity contribution in [1.82, 2.24) is 9.80 Å². The van der Waals surface area contributed by atoms with E-state index in [1.807, 2.05) is 4.90 Å². The Bertz CT molecular complexity index is 498. The third-order valence-electron chi connectivity index (χ3n) is 4.61. The lowest BCUT2D eigenvalue weighted by atomic mass is 10.1. The molecule has 1 aliphatic carbocycles. The maximum Gasteiger partial charge on any atom is 0.253 e. The highest BCUT2D eigenvalue weighted by Crippen LogP contribution is 2.25. The topological polar surface area (TPSA) is 43.8 Å². The summed E-state index contributed by atoms with van der Waals surface area (Å²) in [7, 11) is 0. The fourth-order valence-electron chi connectivity index (χ4n) is 3.38. The molecule has 0 spiro atoms. The van der Waals surface area contributed by atoms with E-state index in [9.17, 15) is 9.90 Å². The highest BCUT2D eigenvalue weighted by molar-refractivity contribution is 6.30. The quantitative estimate of drug-likeness (QED) is 0.909. The average Bonchev–Trinajstić information content (AvgIpc) is 2.94. The van der Waals surface area contributed by atoms with Crippen LogP contribution in [-0.4, -0.2) is 59.1 Å². The molecular formula is C16H21ClN2O2. The molecule has 1 aliphatic heterocycles. The molecule has 0 radical (unpaired) electrons. The highest BCUT2D eigenvalue weighted by Gasteiger charge is 2.33. The number of aliphatic hydroxyl groups excluding tert-OH is 1. The summed E-state index contributed by atoms with van der Waals surface area (Å²) >= 11 is 5.85. The van der Waals surface area contributed by atoms with Gasteiger partial charge in [-0.25, -0.2) is 0 Å². The molecule has 1 saturated heterocycles. The number of piperazine rings is 1. The molecule has 3 rings (SSSR count). The summed E-state index contributed by atoms with van der Waals surface area (Å²) in [5.74, 6) is 0.0679. The minimum atomic E-state index is -0.191. The molecule has 1 amide bonds. The number of benzene rings is 1. The van der Waals surface area contributed by atoms with Crippen molar-refractivity contribution in [3.05, 3.63) is 34.9 Å². The van der Waals surface area contributed by atoms with E-state index < -0.39 is 0 Å². The summed E-state index contributed by atoms with van der Waals surface area (Å²) in [5, 5.41) is 10.6. The van der Waals surface area contributed by atoms with Gasteiger partial charge in [-0.2, -0.15) is 0 Å². The average molecular weight is 309 g/mol. The van der Waals surface area contributed by atoms with Gasteiger partial charge in [0.15, 0.2) is 0 Å². The zero-order valence-electron chi connectivity index (χ0n) is 12.0. The third-order valence-corrected chi connectivity index (χ3v) is 4.86. The van der Waals surface area contributed by atoms with Gasteiger partial charge in [0.25, 0.3) is 5.91 Å². The summed E-state index contributed by atoms with van der Waals surface area (Å²) in [4.78, 5) is 16.6. The molecule has 114 valence electrons. The van der Waals surface area contributed by atoms with Gasteiger partial charge in [-0.05, 0) is 43.5 Å². The second-order valence-electron chi connectivity index (χ2n) is 5.90. The Morgan fingerprint density at radius 3 is 2.33 bits per heavy atom. The van der Waals surface area contributed by atoms with Gasteiger partial charge in [0.05, 0.1) is 6.10 Å². The van der Waals surface area contributed by atoms with Crippen LogP contribution in [0.3, 0.4) is 0 Å². The van der Waals surface area contributed by atoms with E-state index in [0.717, 1.165) is 45.4 Å². The van der Waals surface area contributed by atoms with Crippen molar-refractivity contribution in [2.45, 2.75) is 31.4 Å². The molecule has 5 heteroatoms. The number of carbonyl (C=O) groups is 1. The van der Waals surface area contributed by atoms with E-state index >= 15 is 0 Å². The highest BCUT2D eigenvalue weighted by atomic mass is 35.5. The second-order valence-corrected chi connectivity index (χ2v) is 6.34. The molecule has 1 aromatic rings. The van der Waals surface area contributed by atoms with Crippen molar-refractivity contribution >= 4 is 17.5 Å². The zero-order valence-corrected chi connectivity index (χ0v) is 12.8. The van der Waals surface area contributed by atoms with Crippen molar-refractivity contribution in [2.75, 3.05) is 26.2 Å². The molecule has 4 nitrogen and oxygen atoms in total. The van der Waals surface area contributed by atoms with E-state index in [4.69, 9.17) is 11.6 Å². The number of carbonyl (C=O) groups excluding carboxylic acids is 1. The lowest BCUT2D eigenvalue weighted by molar-refractivity contribution is 0.0315. The maximum atomic E-state index is 12.4. The lowest BCUT2D eigenvalue weighted by Gasteiger charge is -2.39. The first-order valence-corrected chi connectivity index (χ1v) is 8.00. The monoisotopic (exact) mass is 308 g/mol. The summed E-state index contributed by atoms with van der Waals surface area (Å²) in [6.45, 7) is 3.15. The van der Waals surface area contributed by atoms with Gasteiger partial charge < -0.3 is 10.0 Å². The molecule has 0 aromatic heterocycles. The normalized spacial score (nSPS) is 27.0. The van der Waals surface area contributed by atoms with Gasteiger partial charge in [-0.15, -0.1) is 0 Å². The molecule has 2 aliphatic rings. The Kier molecular flexibility index (Phi) is 4.48. The molecule has 1 saturated carbocycles. The molecule has 2 fully saturated rings. The van der Waals surface area contributed by atoms with Crippen LogP contribution in [0.25, 0.3) is 0 Å². The first-order chi connectivity index (χ1) is 10.1. The standard InChI is InChI=1S/C16H21ClN2O2/c17-13-6-4-12(5-7-13)16(21)19-10-8-18(9-11-19)14-2-1-3-15(14)20/h4-7,14-15,20H,1-3,8-11H2/t14-,15+/m0/s1. The van der Waals surface area contributed by atoms with Crippen molar-refractivity contribution in [3.8, 4) is 0 Å². The molecule has 21 heavy (non-hydrogen) atoms. The molecule has 1 aromatic carbocycles. The van der Waals surface area contributed by atoms with Gasteiger partial charge >= 0.3 is 0 Å². The lowest BCUT2D eigenvalue weighted by Crippen LogP contribution is -2.53.